The van der Waals surface area contributed by atoms with Gasteiger partial charge in [-0.25, -0.2) is 4.79 Å². The summed E-state index contributed by atoms with van der Waals surface area (Å²) in [5.74, 6) is -0.888. The van der Waals surface area contributed by atoms with Crippen LogP contribution in [0.5, 0.6) is 0 Å². The van der Waals surface area contributed by atoms with Crippen LogP contribution in [-0.4, -0.2) is 25.2 Å². The second kappa shape index (κ2) is 5.14. The van der Waals surface area contributed by atoms with Crippen LogP contribution in [0.2, 0.25) is 0 Å². The molecule has 2 aromatic carbocycles. The average Bonchev–Trinajstić information content (AvgIpc) is 2.38. The molecule has 0 saturated carbocycles. The van der Waals surface area contributed by atoms with E-state index in [2.05, 4.69) is 11.0 Å². The monoisotopic (exact) mass is 255 g/mol. The van der Waals surface area contributed by atoms with Gasteiger partial charge in [-0.2, -0.15) is 0 Å². The predicted octanol–water partition coefficient (Wildman–Crippen LogP) is 3.39. The molecular formula is C16H17NO2. The van der Waals surface area contributed by atoms with Gasteiger partial charge in [0.05, 0.1) is 0 Å². The van der Waals surface area contributed by atoms with Crippen LogP contribution in [0.1, 0.15) is 12.5 Å². The molecule has 0 fully saturated rings. The highest BCUT2D eigenvalue weighted by molar-refractivity contribution is 6.02. The third kappa shape index (κ3) is 2.60. The Bertz CT molecular complexity index is 657. The quantitative estimate of drug-likeness (QED) is 0.855. The third-order valence-electron chi connectivity index (χ3n) is 3.13. The van der Waals surface area contributed by atoms with Crippen LogP contribution in [0.3, 0.4) is 0 Å². The van der Waals surface area contributed by atoms with Crippen molar-refractivity contribution in [1.82, 2.24) is 0 Å². The minimum absolute atomic E-state index is 0.336. The highest BCUT2D eigenvalue weighted by atomic mass is 16.4. The van der Waals surface area contributed by atoms with Gasteiger partial charge >= 0.3 is 5.97 Å². The second-order valence-corrected chi connectivity index (χ2v) is 4.75. The normalized spacial score (nSPS) is 11.6. The van der Waals surface area contributed by atoms with E-state index in [1.807, 2.05) is 44.4 Å². The van der Waals surface area contributed by atoms with Crippen molar-refractivity contribution in [3.05, 3.63) is 47.5 Å². The lowest BCUT2D eigenvalue weighted by Gasteiger charge is -2.16. The summed E-state index contributed by atoms with van der Waals surface area (Å²) < 4.78 is 0. The lowest BCUT2D eigenvalue weighted by molar-refractivity contribution is -0.132. The van der Waals surface area contributed by atoms with Gasteiger partial charge in [0, 0.05) is 30.7 Å². The molecule has 0 atom stereocenters. The number of benzene rings is 2. The Balaban J connectivity index is 2.69. The predicted molar refractivity (Wildman–Crippen MR) is 79.6 cm³/mol. The maximum Gasteiger partial charge on any atom is 0.331 e. The Morgan fingerprint density at radius 1 is 1.11 bits per heavy atom. The first-order valence-electron chi connectivity index (χ1n) is 6.11. The van der Waals surface area contributed by atoms with Crippen LogP contribution >= 0.6 is 0 Å². The molecule has 0 aliphatic rings. The molecule has 3 nitrogen and oxygen atoms in total. The van der Waals surface area contributed by atoms with Crippen molar-refractivity contribution in [2.75, 3.05) is 19.0 Å². The number of anilines is 1. The summed E-state index contributed by atoms with van der Waals surface area (Å²) in [7, 11) is 4.00. The number of aliphatic carboxylic acids is 1. The summed E-state index contributed by atoms with van der Waals surface area (Å²) in [4.78, 5) is 13.0. The van der Waals surface area contributed by atoms with Crippen molar-refractivity contribution >= 4 is 28.5 Å². The summed E-state index contributed by atoms with van der Waals surface area (Å²) in [6.45, 7) is 1.61. The summed E-state index contributed by atoms with van der Waals surface area (Å²) in [5.41, 5.74) is 2.39. The molecule has 0 heterocycles. The summed E-state index contributed by atoms with van der Waals surface area (Å²) in [5, 5.41) is 11.2. The number of nitrogens with zero attached hydrogens (tertiary/aromatic N) is 1. The Hall–Kier alpha value is -2.29. The minimum atomic E-state index is -0.888. The maximum absolute atomic E-state index is 10.9. The molecular weight excluding hydrogens is 238 g/mol. The van der Waals surface area contributed by atoms with E-state index < -0.39 is 5.97 Å². The van der Waals surface area contributed by atoms with Crippen molar-refractivity contribution in [2.45, 2.75) is 6.92 Å². The average molecular weight is 255 g/mol. The molecule has 0 saturated heterocycles. The molecule has 0 aliphatic carbocycles. The SMILES string of the molecule is C/C(=C\c1ccc(N(C)C)c2ccccc12)C(=O)O. The van der Waals surface area contributed by atoms with E-state index in [0.717, 1.165) is 22.0 Å². The Morgan fingerprint density at radius 3 is 2.32 bits per heavy atom. The lowest BCUT2D eigenvalue weighted by Crippen LogP contribution is -2.09. The molecule has 0 unspecified atom stereocenters. The molecule has 0 aromatic heterocycles. The van der Waals surface area contributed by atoms with Crippen LogP contribution < -0.4 is 4.90 Å². The number of rotatable bonds is 3. The Labute approximate surface area is 112 Å². The second-order valence-electron chi connectivity index (χ2n) is 4.75. The molecule has 2 aromatic rings. The zero-order valence-electron chi connectivity index (χ0n) is 11.3. The zero-order valence-corrected chi connectivity index (χ0v) is 11.3. The van der Waals surface area contributed by atoms with Gasteiger partial charge in [0.2, 0.25) is 0 Å². The van der Waals surface area contributed by atoms with Gasteiger partial charge in [0.1, 0.15) is 0 Å². The summed E-state index contributed by atoms with van der Waals surface area (Å²) in [6.07, 6.45) is 1.71. The van der Waals surface area contributed by atoms with Crippen molar-refractivity contribution < 1.29 is 9.90 Å². The molecule has 0 spiro atoms. The number of hydrogen-bond acceptors (Lipinski definition) is 2. The lowest BCUT2D eigenvalue weighted by atomic mass is 10.0. The van der Waals surface area contributed by atoms with E-state index in [-0.39, 0.29) is 0 Å². The first kappa shape index (κ1) is 13.1. The van der Waals surface area contributed by atoms with Crippen LogP contribution in [0, 0.1) is 0 Å². The zero-order chi connectivity index (χ0) is 14.0. The van der Waals surface area contributed by atoms with Crippen LogP contribution in [-0.2, 0) is 4.79 Å². The van der Waals surface area contributed by atoms with Gasteiger partial charge in [-0.3, -0.25) is 0 Å². The molecule has 0 aliphatic heterocycles. The molecule has 0 amide bonds. The maximum atomic E-state index is 10.9. The van der Waals surface area contributed by atoms with Crippen LogP contribution in [0.25, 0.3) is 16.8 Å². The van der Waals surface area contributed by atoms with Gasteiger partial charge in [-0.1, -0.05) is 30.3 Å². The van der Waals surface area contributed by atoms with E-state index in [9.17, 15) is 4.79 Å². The van der Waals surface area contributed by atoms with Gasteiger partial charge in [-0.05, 0) is 30.0 Å². The summed E-state index contributed by atoms with van der Waals surface area (Å²) in [6, 6.07) is 12.0. The Kier molecular flexibility index (Phi) is 3.56. The van der Waals surface area contributed by atoms with Gasteiger partial charge in [0.25, 0.3) is 0 Å². The highest BCUT2D eigenvalue weighted by Crippen LogP contribution is 2.29. The largest absolute Gasteiger partial charge is 0.478 e. The molecule has 1 N–H and O–H groups in total. The first-order chi connectivity index (χ1) is 9.00. The van der Waals surface area contributed by atoms with E-state index >= 15 is 0 Å². The minimum Gasteiger partial charge on any atom is -0.478 e. The first-order valence-corrected chi connectivity index (χ1v) is 6.11. The smallest absolute Gasteiger partial charge is 0.331 e. The fourth-order valence-corrected chi connectivity index (χ4v) is 2.12. The third-order valence-corrected chi connectivity index (χ3v) is 3.13. The number of fused-ring (bicyclic) bond motifs is 1. The number of carboxylic acid groups (broad SMARTS) is 1. The number of carbonyl (C=O) groups is 1. The number of carboxylic acids is 1. The molecule has 98 valence electrons. The van der Waals surface area contributed by atoms with Gasteiger partial charge < -0.3 is 10.0 Å². The van der Waals surface area contributed by atoms with E-state index in [1.165, 1.54) is 0 Å². The van der Waals surface area contributed by atoms with Crippen molar-refractivity contribution in [2.24, 2.45) is 0 Å². The molecule has 19 heavy (non-hydrogen) atoms. The van der Waals surface area contributed by atoms with E-state index in [4.69, 9.17) is 5.11 Å². The molecule has 0 bridgehead atoms. The van der Waals surface area contributed by atoms with Crippen LogP contribution in [0.4, 0.5) is 5.69 Å². The number of hydrogen-bond donors (Lipinski definition) is 1. The van der Waals surface area contributed by atoms with Crippen LogP contribution in [0.15, 0.2) is 42.0 Å². The van der Waals surface area contributed by atoms with Crippen molar-refractivity contribution in [3.63, 3.8) is 0 Å². The van der Waals surface area contributed by atoms with Crippen molar-refractivity contribution in [3.8, 4) is 0 Å². The fourth-order valence-electron chi connectivity index (χ4n) is 2.12. The molecule has 3 heteroatoms. The van der Waals surface area contributed by atoms with Crippen molar-refractivity contribution in [1.29, 1.82) is 0 Å². The standard InChI is InChI=1S/C16H17NO2/c1-11(16(18)19)10-12-8-9-15(17(2)3)14-7-5-4-6-13(12)14/h4-10H,1-3H3,(H,18,19)/b11-10+. The molecule has 2 rings (SSSR count). The van der Waals surface area contributed by atoms with E-state index in [1.54, 1.807) is 13.0 Å². The molecule has 0 radical (unpaired) electrons. The Morgan fingerprint density at radius 2 is 1.74 bits per heavy atom. The van der Waals surface area contributed by atoms with E-state index in [0.29, 0.717) is 5.57 Å². The summed E-state index contributed by atoms with van der Waals surface area (Å²) >= 11 is 0. The highest BCUT2D eigenvalue weighted by Gasteiger charge is 2.07. The van der Waals surface area contributed by atoms with Gasteiger partial charge in [-0.15, -0.1) is 0 Å². The topological polar surface area (TPSA) is 40.5 Å². The fraction of sp³-hybridized carbons (Fsp3) is 0.188. The van der Waals surface area contributed by atoms with Gasteiger partial charge in [0.15, 0.2) is 0 Å².